The zero-order valence-corrected chi connectivity index (χ0v) is 15.9. The zero-order valence-electron chi connectivity index (χ0n) is 15.9. The van der Waals surface area contributed by atoms with Gasteiger partial charge in [-0.2, -0.15) is 0 Å². The first-order chi connectivity index (χ1) is 13.3. The second-order valence-electron chi connectivity index (χ2n) is 6.09. The summed E-state index contributed by atoms with van der Waals surface area (Å²) in [6.07, 6.45) is 0.283. The van der Waals surface area contributed by atoms with Crippen LogP contribution in [-0.2, 0) is 4.79 Å². The van der Waals surface area contributed by atoms with E-state index in [9.17, 15) is 19.7 Å². The summed E-state index contributed by atoms with van der Waals surface area (Å²) in [5.74, 6) is 0.0104. The van der Waals surface area contributed by atoms with E-state index in [1.807, 2.05) is 6.92 Å². The van der Waals surface area contributed by atoms with E-state index >= 15 is 0 Å². The lowest BCUT2D eigenvalue weighted by atomic mass is 10.1. The van der Waals surface area contributed by atoms with Crippen molar-refractivity contribution in [1.29, 1.82) is 0 Å². The molecule has 8 nitrogen and oxygen atoms in total. The first kappa shape index (κ1) is 20.9. The zero-order chi connectivity index (χ0) is 20.7. The number of amides is 1. The van der Waals surface area contributed by atoms with Gasteiger partial charge in [-0.25, -0.2) is 0 Å². The van der Waals surface area contributed by atoms with Crippen LogP contribution in [0.25, 0.3) is 0 Å². The number of Topliss-reactive ketones (excluding diaryl/α,β-unsaturated/α-hetero) is 1. The summed E-state index contributed by atoms with van der Waals surface area (Å²) >= 11 is 0. The highest BCUT2D eigenvalue weighted by molar-refractivity contribution is 6.00. The van der Waals surface area contributed by atoms with Crippen LogP contribution in [0.5, 0.6) is 11.5 Å². The number of hydrogen-bond acceptors (Lipinski definition) is 6. The molecule has 148 valence electrons. The van der Waals surface area contributed by atoms with Crippen molar-refractivity contribution in [2.75, 3.05) is 12.4 Å². The number of nitrogens with one attached hydrogen (secondary N) is 1. The van der Waals surface area contributed by atoms with Crippen LogP contribution in [0.3, 0.4) is 0 Å². The largest absolute Gasteiger partial charge is 0.493 e. The molecule has 0 aliphatic heterocycles. The van der Waals surface area contributed by atoms with Crippen molar-refractivity contribution in [3.8, 4) is 11.5 Å². The maximum atomic E-state index is 12.6. The second kappa shape index (κ2) is 9.50. The fraction of sp³-hybridized carbons (Fsp3) is 0.300. The first-order valence-electron chi connectivity index (χ1n) is 8.79. The Hall–Kier alpha value is -3.42. The van der Waals surface area contributed by atoms with Crippen molar-refractivity contribution in [3.05, 3.63) is 58.1 Å². The van der Waals surface area contributed by atoms with Crippen LogP contribution in [0.1, 0.15) is 37.0 Å². The summed E-state index contributed by atoms with van der Waals surface area (Å²) in [7, 11) is 1.41. The van der Waals surface area contributed by atoms with Gasteiger partial charge in [0, 0.05) is 23.7 Å². The molecule has 0 radical (unpaired) electrons. The first-order valence-corrected chi connectivity index (χ1v) is 8.79. The summed E-state index contributed by atoms with van der Waals surface area (Å²) in [6.45, 7) is 3.47. The predicted octanol–water partition coefficient (Wildman–Crippen LogP) is 3.99. The highest BCUT2D eigenvalue weighted by atomic mass is 16.6. The van der Waals surface area contributed by atoms with Gasteiger partial charge in [0.15, 0.2) is 17.6 Å². The molecule has 1 atom stereocenters. The van der Waals surface area contributed by atoms with Gasteiger partial charge in [0.1, 0.15) is 0 Å². The number of nitrogens with zero attached hydrogens (tertiary/aromatic N) is 1. The van der Waals surface area contributed by atoms with Crippen molar-refractivity contribution >= 4 is 23.1 Å². The van der Waals surface area contributed by atoms with Crippen molar-refractivity contribution in [3.63, 3.8) is 0 Å². The Morgan fingerprint density at radius 1 is 1.14 bits per heavy atom. The van der Waals surface area contributed by atoms with Crippen LogP contribution < -0.4 is 14.8 Å². The van der Waals surface area contributed by atoms with Gasteiger partial charge in [0.25, 0.3) is 5.69 Å². The van der Waals surface area contributed by atoms with E-state index in [1.165, 1.54) is 25.3 Å². The molecule has 0 bridgehead atoms. The van der Waals surface area contributed by atoms with E-state index in [2.05, 4.69) is 5.32 Å². The van der Waals surface area contributed by atoms with Gasteiger partial charge in [0.2, 0.25) is 11.7 Å². The molecule has 0 fully saturated rings. The Labute approximate surface area is 162 Å². The molecular weight excluding hydrogens is 364 g/mol. The Morgan fingerprint density at radius 2 is 1.82 bits per heavy atom. The van der Waals surface area contributed by atoms with Gasteiger partial charge in [-0.05, 0) is 43.7 Å². The van der Waals surface area contributed by atoms with Crippen LogP contribution >= 0.6 is 0 Å². The lowest BCUT2D eigenvalue weighted by Crippen LogP contribution is -2.24. The van der Waals surface area contributed by atoms with Crippen LogP contribution in [0, 0.1) is 10.1 Å². The standard InChI is InChI=1S/C20H22N2O6/c1-4-5-19(23)21-15-8-6-14(7-9-15)20(24)13(2)28-18-12-16(22(25)26)10-11-17(18)27-3/h6-13H,4-5H2,1-3H3,(H,21,23). The minimum absolute atomic E-state index is 0.0870. The normalized spacial score (nSPS) is 11.4. The number of nitro benzene ring substituents is 1. The van der Waals surface area contributed by atoms with Crippen LogP contribution in [0.15, 0.2) is 42.5 Å². The van der Waals surface area contributed by atoms with E-state index in [1.54, 1.807) is 31.2 Å². The number of benzene rings is 2. The number of methoxy groups -OCH3 is 1. The van der Waals surface area contributed by atoms with Crippen LogP contribution in [0.2, 0.25) is 0 Å². The molecule has 1 unspecified atom stereocenters. The summed E-state index contributed by atoms with van der Waals surface area (Å²) in [4.78, 5) is 34.6. The van der Waals surface area contributed by atoms with E-state index < -0.39 is 11.0 Å². The molecule has 2 aromatic rings. The molecule has 2 aromatic carbocycles. The van der Waals surface area contributed by atoms with Gasteiger partial charge in [0.05, 0.1) is 18.1 Å². The number of rotatable bonds is 9. The monoisotopic (exact) mass is 386 g/mol. The molecule has 1 amide bonds. The summed E-state index contributed by atoms with van der Waals surface area (Å²) in [5.41, 5.74) is 0.830. The fourth-order valence-corrected chi connectivity index (χ4v) is 2.52. The SMILES string of the molecule is CCCC(=O)Nc1ccc(C(=O)C(C)Oc2cc([N+](=O)[O-])ccc2OC)cc1. The molecule has 0 aromatic heterocycles. The Morgan fingerprint density at radius 3 is 2.39 bits per heavy atom. The molecule has 0 aliphatic carbocycles. The number of ether oxygens (including phenoxy) is 2. The van der Waals surface area contributed by atoms with Gasteiger partial charge in [-0.1, -0.05) is 6.92 Å². The molecule has 0 saturated heterocycles. The molecule has 2 rings (SSSR count). The Bertz CT molecular complexity index is 863. The highest BCUT2D eigenvalue weighted by Crippen LogP contribution is 2.32. The molecule has 0 saturated carbocycles. The summed E-state index contributed by atoms with van der Waals surface area (Å²) in [6, 6.07) is 10.4. The van der Waals surface area contributed by atoms with Crippen molar-refractivity contribution in [2.24, 2.45) is 0 Å². The fourth-order valence-electron chi connectivity index (χ4n) is 2.52. The van der Waals surface area contributed by atoms with Gasteiger partial charge in [-0.3, -0.25) is 19.7 Å². The highest BCUT2D eigenvalue weighted by Gasteiger charge is 2.21. The summed E-state index contributed by atoms with van der Waals surface area (Å²) in [5, 5.41) is 13.7. The molecule has 28 heavy (non-hydrogen) atoms. The van der Waals surface area contributed by atoms with Gasteiger partial charge in [-0.15, -0.1) is 0 Å². The van der Waals surface area contributed by atoms with Gasteiger partial charge < -0.3 is 14.8 Å². The number of nitro groups is 1. The van der Waals surface area contributed by atoms with E-state index in [-0.39, 0.29) is 23.1 Å². The smallest absolute Gasteiger partial charge is 0.273 e. The van der Waals surface area contributed by atoms with E-state index in [4.69, 9.17) is 9.47 Å². The Balaban J connectivity index is 2.11. The average molecular weight is 386 g/mol. The average Bonchev–Trinajstić information content (AvgIpc) is 2.68. The number of carbonyl (C=O) groups is 2. The second-order valence-corrected chi connectivity index (χ2v) is 6.09. The third kappa shape index (κ3) is 5.29. The summed E-state index contributed by atoms with van der Waals surface area (Å²) < 4.78 is 10.8. The molecule has 8 heteroatoms. The predicted molar refractivity (Wildman–Crippen MR) is 104 cm³/mol. The van der Waals surface area contributed by atoms with Crippen molar-refractivity contribution < 1.29 is 24.0 Å². The minimum Gasteiger partial charge on any atom is -0.493 e. The molecular formula is C20H22N2O6. The molecule has 0 spiro atoms. The lowest BCUT2D eigenvalue weighted by molar-refractivity contribution is -0.385. The quantitative estimate of drug-likeness (QED) is 0.397. The number of carbonyl (C=O) groups excluding carboxylic acids is 2. The third-order valence-electron chi connectivity index (χ3n) is 3.96. The maximum Gasteiger partial charge on any atom is 0.273 e. The third-order valence-corrected chi connectivity index (χ3v) is 3.96. The van der Waals surface area contributed by atoms with Crippen LogP contribution in [-0.4, -0.2) is 29.8 Å². The molecule has 0 heterocycles. The maximum absolute atomic E-state index is 12.6. The molecule has 0 aliphatic rings. The topological polar surface area (TPSA) is 108 Å². The number of anilines is 1. The number of ketones is 1. The van der Waals surface area contributed by atoms with Crippen molar-refractivity contribution in [1.82, 2.24) is 0 Å². The minimum atomic E-state index is -0.892. The lowest BCUT2D eigenvalue weighted by Gasteiger charge is -2.16. The van der Waals surface area contributed by atoms with E-state index in [0.717, 1.165) is 6.42 Å². The molecule has 1 N–H and O–H groups in total. The number of non-ortho nitro benzene ring substituents is 1. The van der Waals surface area contributed by atoms with Crippen molar-refractivity contribution in [2.45, 2.75) is 32.8 Å². The van der Waals surface area contributed by atoms with Gasteiger partial charge >= 0.3 is 0 Å². The van der Waals surface area contributed by atoms with E-state index in [0.29, 0.717) is 23.4 Å². The van der Waals surface area contributed by atoms with Crippen LogP contribution in [0.4, 0.5) is 11.4 Å². The Kier molecular flexibility index (Phi) is 7.08. The number of hydrogen-bond donors (Lipinski definition) is 1.